The normalized spacial score (nSPS) is 15.6. The summed E-state index contributed by atoms with van der Waals surface area (Å²) in [4.78, 5) is 27.1. The average molecular weight is 387 g/mol. The molecule has 1 unspecified atom stereocenters. The van der Waals surface area contributed by atoms with Gasteiger partial charge in [-0.1, -0.05) is 41.9 Å². The quantitative estimate of drug-likeness (QED) is 0.520. The molecule has 2 aromatic carbocycles. The second-order valence-electron chi connectivity index (χ2n) is 5.66. The van der Waals surface area contributed by atoms with Crippen molar-refractivity contribution in [1.29, 1.82) is 0 Å². The van der Waals surface area contributed by atoms with Gasteiger partial charge in [-0.05, 0) is 30.4 Å². The summed E-state index contributed by atoms with van der Waals surface area (Å²) >= 11 is 11.4. The van der Waals surface area contributed by atoms with Gasteiger partial charge >= 0.3 is 5.97 Å². The molecule has 0 spiro atoms. The molecule has 0 radical (unpaired) electrons. The number of hydrogen-bond donors (Lipinski definition) is 2. The Balaban J connectivity index is 1.99. The maximum Gasteiger partial charge on any atom is 0.339 e. The maximum atomic E-state index is 12.5. The van der Waals surface area contributed by atoms with Gasteiger partial charge in [0.1, 0.15) is 5.56 Å². The second-order valence-corrected chi connectivity index (χ2v) is 6.45. The first-order chi connectivity index (χ1) is 12.5. The van der Waals surface area contributed by atoms with Crippen molar-refractivity contribution in [3.8, 4) is 11.6 Å². The van der Waals surface area contributed by atoms with Gasteiger partial charge in [-0.15, -0.1) is 0 Å². The number of cyclic esters (lactones) is 1. The molecule has 4 rings (SSSR count). The van der Waals surface area contributed by atoms with E-state index in [4.69, 9.17) is 28.6 Å². The number of carbonyl (C=O) groups excluding carboxylic acids is 1. The van der Waals surface area contributed by atoms with Gasteiger partial charge in [0.25, 0.3) is 5.56 Å². The third-order valence-corrected chi connectivity index (χ3v) is 4.77. The van der Waals surface area contributed by atoms with Crippen LogP contribution in [0.2, 0.25) is 5.02 Å². The van der Waals surface area contributed by atoms with Crippen molar-refractivity contribution in [2.75, 3.05) is 0 Å². The second kappa shape index (κ2) is 6.12. The SMILES string of the molecule is O=C1OC(c2c(O)n(-c3ccccc3Cl)c(=S)[nH]c2=O)c2ccccc21. The molecule has 6 nitrogen and oxygen atoms in total. The van der Waals surface area contributed by atoms with E-state index in [-0.39, 0.29) is 10.3 Å². The van der Waals surface area contributed by atoms with Gasteiger partial charge < -0.3 is 9.84 Å². The summed E-state index contributed by atoms with van der Waals surface area (Å²) in [7, 11) is 0. The van der Waals surface area contributed by atoms with Crippen LogP contribution < -0.4 is 5.56 Å². The zero-order valence-electron chi connectivity index (χ0n) is 13.1. The van der Waals surface area contributed by atoms with Crippen LogP contribution in [0.4, 0.5) is 0 Å². The summed E-state index contributed by atoms with van der Waals surface area (Å²) in [5, 5.41) is 11.2. The van der Waals surface area contributed by atoms with Crippen molar-refractivity contribution in [3.05, 3.63) is 85.4 Å². The van der Waals surface area contributed by atoms with Crippen molar-refractivity contribution in [2.45, 2.75) is 6.10 Å². The van der Waals surface area contributed by atoms with E-state index >= 15 is 0 Å². The van der Waals surface area contributed by atoms with Crippen LogP contribution in [0, 0.1) is 4.77 Å². The van der Waals surface area contributed by atoms with Crippen LogP contribution in [0.5, 0.6) is 5.88 Å². The molecule has 0 aliphatic carbocycles. The number of ether oxygens (including phenoxy) is 1. The minimum atomic E-state index is -1.04. The molecule has 2 heterocycles. The Hall–Kier alpha value is -2.90. The van der Waals surface area contributed by atoms with E-state index in [1.807, 2.05) is 0 Å². The Labute approximate surface area is 157 Å². The third-order valence-electron chi connectivity index (χ3n) is 4.16. The number of hydrogen-bond acceptors (Lipinski definition) is 5. The topological polar surface area (TPSA) is 84.3 Å². The Morgan fingerprint density at radius 2 is 1.81 bits per heavy atom. The van der Waals surface area contributed by atoms with E-state index in [2.05, 4.69) is 4.98 Å². The van der Waals surface area contributed by atoms with Crippen LogP contribution in [-0.2, 0) is 4.74 Å². The van der Waals surface area contributed by atoms with Gasteiger partial charge in [-0.2, -0.15) is 0 Å². The van der Waals surface area contributed by atoms with E-state index in [1.54, 1.807) is 48.5 Å². The number of nitrogens with zero attached hydrogens (tertiary/aromatic N) is 1. The number of aromatic hydroxyl groups is 1. The highest BCUT2D eigenvalue weighted by Crippen LogP contribution is 2.38. The number of carbonyl (C=O) groups is 1. The first-order valence-electron chi connectivity index (χ1n) is 7.62. The van der Waals surface area contributed by atoms with Crippen molar-refractivity contribution >= 4 is 29.8 Å². The van der Waals surface area contributed by atoms with E-state index in [1.165, 1.54) is 4.57 Å². The first-order valence-corrected chi connectivity index (χ1v) is 8.40. The van der Waals surface area contributed by atoms with Crippen LogP contribution in [0.25, 0.3) is 5.69 Å². The molecular weight excluding hydrogens is 376 g/mol. The number of benzene rings is 2. The van der Waals surface area contributed by atoms with Gasteiger partial charge in [-0.3, -0.25) is 14.3 Å². The molecule has 0 bridgehead atoms. The molecule has 1 aromatic heterocycles. The molecule has 3 aromatic rings. The summed E-state index contributed by atoms with van der Waals surface area (Å²) in [5.74, 6) is -0.988. The maximum absolute atomic E-state index is 12.5. The Morgan fingerprint density at radius 1 is 1.12 bits per heavy atom. The number of nitrogens with one attached hydrogen (secondary N) is 1. The predicted molar refractivity (Wildman–Crippen MR) is 97.6 cm³/mol. The Kier molecular flexibility index (Phi) is 3.90. The lowest BCUT2D eigenvalue weighted by Gasteiger charge is -2.17. The highest BCUT2D eigenvalue weighted by Gasteiger charge is 2.36. The molecule has 2 N–H and O–H groups in total. The summed E-state index contributed by atoms with van der Waals surface area (Å²) in [6, 6.07) is 13.4. The molecule has 0 saturated heterocycles. The largest absolute Gasteiger partial charge is 0.494 e. The Bertz CT molecular complexity index is 1170. The number of esters is 1. The molecule has 8 heteroatoms. The zero-order chi connectivity index (χ0) is 18.4. The molecule has 130 valence electrons. The number of aromatic amines is 1. The van der Waals surface area contributed by atoms with Crippen LogP contribution >= 0.6 is 23.8 Å². The molecule has 1 aliphatic rings. The monoisotopic (exact) mass is 386 g/mol. The summed E-state index contributed by atoms with van der Waals surface area (Å²) in [6.07, 6.45) is -1.04. The summed E-state index contributed by atoms with van der Waals surface area (Å²) in [6.45, 7) is 0. The third kappa shape index (κ3) is 2.44. The van der Waals surface area contributed by atoms with Gasteiger partial charge in [0.2, 0.25) is 5.88 Å². The van der Waals surface area contributed by atoms with Crippen molar-refractivity contribution < 1.29 is 14.6 Å². The van der Waals surface area contributed by atoms with Crippen LogP contribution in [0.3, 0.4) is 0 Å². The average Bonchev–Trinajstić information content (AvgIpc) is 2.93. The number of halogens is 1. The van der Waals surface area contributed by atoms with Crippen LogP contribution in [0.15, 0.2) is 53.3 Å². The smallest absolute Gasteiger partial charge is 0.339 e. The fraction of sp³-hybridized carbons (Fsp3) is 0.0556. The van der Waals surface area contributed by atoms with Crippen LogP contribution in [-0.4, -0.2) is 20.6 Å². The molecule has 0 saturated carbocycles. The van der Waals surface area contributed by atoms with E-state index in [0.717, 1.165) is 0 Å². The number of H-pyrrole nitrogens is 1. The summed E-state index contributed by atoms with van der Waals surface area (Å²) < 4.78 is 6.55. The highest BCUT2D eigenvalue weighted by molar-refractivity contribution is 7.71. The van der Waals surface area contributed by atoms with Gasteiger partial charge in [0.05, 0.1) is 16.3 Å². The van der Waals surface area contributed by atoms with Crippen molar-refractivity contribution in [3.63, 3.8) is 0 Å². The number of aromatic nitrogens is 2. The number of rotatable bonds is 2. The Morgan fingerprint density at radius 3 is 2.58 bits per heavy atom. The van der Waals surface area contributed by atoms with Crippen molar-refractivity contribution in [2.24, 2.45) is 0 Å². The standard InChI is InChI=1S/C18H11ClN2O4S/c19-11-7-3-4-8-12(11)21-16(23)13(15(22)20-18(21)26)14-9-5-1-2-6-10(9)17(24)25-14/h1-8,14,23H,(H,20,22,26). The van der Waals surface area contributed by atoms with Gasteiger partial charge in [0, 0.05) is 5.56 Å². The molecule has 26 heavy (non-hydrogen) atoms. The molecule has 0 fully saturated rings. The fourth-order valence-electron chi connectivity index (χ4n) is 2.99. The zero-order valence-corrected chi connectivity index (χ0v) is 14.7. The fourth-order valence-corrected chi connectivity index (χ4v) is 3.49. The molecule has 1 aliphatic heterocycles. The molecular formula is C18H11ClN2O4S. The highest BCUT2D eigenvalue weighted by atomic mass is 35.5. The van der Waals surface area contributed by atoms with Crippen molar-refractivity contribution in [1.82, 2.24) is 9.55 Å². The van der Waals surface area contributed by atoms with E-state index < -0.39 is 23.5 Å². The molecule has 0 amide bonds. The van der Waals surface area contributed by atoms with Crippen LogP contribution in [0.1, 0.15) is 27.6 Å². The predicted octanol–water partition coefficient (Wildman–Crippen LogP) is 3.51. The number of fused-ring (bicyclic) bond motifs is 1. The number of para-hydroxylation sites is 1. The van der Waals surface area contributed by atoms with Gasteiger partial charge in [0.15, 0.2) is 10.9 Å². The van der Waals surface area contributed by atoms with E-state index in [9.17, 15) is 14.7 Å². The lowest BCUT2D eigenvalue weighted by molar-refractivity contribution is 0.0449. The van der Waals surface area contributed by atoms with E-state index in [0.29, 0.717) is 21.8 Å². The lowest BCUT2D eigenvalue weighted by atomic mass is 10.0. The van der Waals surface area contributed by atoms with Gasteiger partial charge in [-0.25, -0.2) is 4.79 Å². The first kappa shape index (κ1) is 16.6. The summed E-state index contributed by atoms with van der Waals surface area (Å²) in [5.41, 5.74) is 0.498. The minimum absolute atomic E-state index is 0.0260. The molecule has 1 atom stereocenters. The minimum Gasteiger partial charge on any atom is -0.494 e. The lowest BCUT2D eigenvalue weighted by Crippen LogP contribution is -2.22.